The lowest BCUT2D eigenvalue weighted by Gasteiger charge is -2.20. The van der Waals surface area contributed by atoms with E-state index in [1.165, 1.54) is 24.3 Å². The third kappa shape index (κ3) is 4.08. The minimum absolute atomic E-state index is 0.728. The number of nitrogens with zero attached hydrogens (tertiary/aromatic N) is 1. The molecule has 1 aromatic carbocycles. The summed E-state index contributed by atoms with van der Waals surface area (Å²) in [5.74, 6) is 4.30. The predicted octanol–water partition coefficient (Wildman–Crippen LogP) is 5.54. The van der Waals surface area contributed by atoms with Gasteiger partial charge >= 0.3 is 0 Å². The van der Waals surface area contributed by atoms with Crippen LogP contribution in [0.2, 0.25) is 0 Å². The van der Waals surface area contributed by atoms with Crippen LogP contribution in [-0.4, -0.2) is 21.1 Å². The molecule has 2 nitrogen and oxygen atoms in total. The minimum atomic E-state index is 0.728. The molecule has 1 aliphatic rings. The number of hydrogen-bond donors (Lipinski definition) is 0. The van der Waals surface area contributed by atoms with E-state index in [1.807, 2.05) is 31.2 Å². The molecule has 0 bridgehead atoms. The smallest absolute Gasteiger partial charge is 0.226 e. The van der Waals surface area contributed by atoms with E-state index >= 15 is 0 Å². The van der Waals surface area contributed by atoms with E-state index in [9.17, 15) is 0 Å². The highest BCUT2D eigenvalue weighted by atomic mass is 79.9. The lowest BCUT2D eigenvalue weighted by Crippen LogP contribution is -2.08. The summed E-state index contributed by atoms with van der Waals surface area (Å²) in [6.07, 6.45) is 3.54. The van der Waals surface area contributed by atoms with Gasteiger partial charge in [-0.2, -0.15) is 0 Å². The third-order valence-corrected chi connectivity index (χ3v) is 7.11. The topological polar surface area (TPSA) is 26.0 Å². The number of hydrogen-bond acceptors (Lipinski definition) is 4. The molecule has 3 rings (SSSR count). The zero-order valence-corrected chi connectivity index (χ0v) is 15.2. The number of aryl methyl sites for hydroxylation is 2. The Balaban J connectivity index is 1.67. The number of aromatic nitrogens is 1. The molecular formula is C16H18BrNOS2. The first-order valence-corrected chi connectivity index (χ1v) is 10.1. The van der Waals surface area contributed by atoms with E-state index < -0.39 is 0 Å². The number of oxazole rings is 1. The maximum Gasteiger partial charge on any atom is 0.226 e. The molecule has 1 aromatic heterocycles. The van der Waals surface area contributed by atoms with Crippen molar-refractivity contribution in [2.75, 3.05) is 11.5 Å². The fraction of sp³-hybridized carbons (Fsp3) is 0.438. The van der Waals surface area contributed by atoms with E-state index in [0.717, 1.165) is 38.4 Å². The Labute approximate surface area is 142 Å². The van der Waals surface area contributed by atoms with Gasteiger partial charge in [-0.25, -0.2) is 4.98 Å². The summed E-state index contributed by atoms with van der Waals surface area (Å²) in [7, 11) is 0. The van der Waals surface area contributed by atoms with Gasteiger partial charge < -0.3 is 4.42 Å². The second-order valence-electron chi connectivity index (χ2n) is 5.09. The summed E-state index contributed by atoms with van der Waals surface area (Å²) in [5.41, 5.74) is 2.15. The van der Waals surface area contributed by atoms with Crippen LogP contribution in [0, 0.1) is 6.92 Å². The predicted molar refractivity (Wildman–Crippen MR) is 96.0 cm³/mol. The maximum atomic E-state index is 5.84. The number of halogens is 1. The first-order valence-electron chi connectivity index (χ1n) is 7.18. The first-order chi connectivity index (χ1) is 10.2. The summed E-state index contributed by atoms with van der Waals surface area (Å²) in [6.45, 7) is 2.02. The van der Waals surface area contributed by atoms with E-state index in [1.54, 1.807) is 0 Å². The second kappa shape index (κ2) is 7.25. The summed E-state index contributed by atoms with van der Waals surface area (Å²) >= 11 is 7.64. The van der Waals surface area contributed by atoms with E-state index in [2.05, 4.69) is 39.5 Å². The molecule has 0 atom stereocenters. The largest absolute Gasteiger partial charge is 0.441 e. The van der Waals surface area contributed by atoms with Crippen LogP contribution in [0.25, 0.3) is 11.5 Å². The van der Waals surface area contributed by atoms with Gasteiger partial charge in [0.15, 0.2) is 0 Å². The molecule has 1 aliphatic heterocycles. The average molecular weight is 384 g/mol. The van der Waals surface area contributed by atoms with Crippen LogP contribution in [0.15, 0.2) is 33.2 Å². The van der Waals surface area contributed by atoms with Crippen LogP contribution in [0.5, 0.6) is 0 Å². The quantitative estimate of drug-likeness (QED) is 0.691. The van der Waals surface area contributed by atoms with Crippen LogP contribution in [0.1, 0.15) is 24.3 Å². The van der Waals surface area contributed by atoms with E-state index in [-0.39, 0.29) is 0 Å². The molecule has 0 radical (unpaired) electrons. The van der Waals surface area contributed by atoms with Gasteiger partial charge in [-0.1, -0.05) is 15.9 Å². The summed E-state index contributed by atoms with van der Waals surface area (Å²) < 4.78 is 7.64. The van der Waals surface area contributed by atoms with E-state index in [0.29, 0.717) is 0 Å². The normalized spacial score (nSPS) is 16.3. The fourth-order valence-corrected chi connectivity index (χ4v) is 5.46. The van der Waals surface area contributed by atoms with Crippen molar-refractivity contribution in [2.45, 2.75) is 30.8 Å². The Kier molecular flexibility index (Phi) is 5.35. The molecule has 0 amide bonds. The third-order valence-electron chi connectivity index (χ3n) is 3.50. The van der Waals surface area contributed by atoms with Gasteiger partial charge in [0.25, 0.3) is 0 Å². The molecule has 2 aromatic rings. The Hall–Kier alpha value is -0.390. The van der Waals surface area contributed by atoms with Gasteiger partial charge in [-0.15, -0.1) is 23.5 Å². The van der Waals surface area contributed by atoms with Gasteiger partial charge in [-0.05, 0) is 62.0 Å². The molecule has 0 unspecified atom stereocenters. The van der Waals surface area contributed by atoms with Gasteiger partial charge in [0.05, 0.1) is 10.3 Å². The Morgan fingerprint density at radius 2 is 1.95 bits per heavy atom. The molecule has 0 spiro atoms. The molecule has 5 heteroatoms. The molecular weight excluding hydrogens is 366 g/mol. The molecule has 21 heavy (non-hydrogen) atoms. The Morgan fingerprint density at radius 3 is 2.67 bits per heavy atom. The lowest BCUT2D eigenvalue weighted by molar-refractivity contribution is 0.539. The maximum absolute atomic E-state index is 5.84. The van der Waals surface area contributed by atoms with Crippen molar-refractivity contribution in [1.82, 2.24) is 4.98 Å². The van der Waals surface area contributed by atoms with E-state index in [4.69, 9.17) is 9.40 Å². The lowest BCUT2D eigenvalue weighted by atomic mass is 10.2. The van der Waals surface area contributed by atoms with Gasteiger partial charge in [0.1, 0.15) is 5.76 Å². The summed E-state index contributed by atoms with van der Waals surface area (Å²) in [5, 5.41) is 0. The molecule has 0 N–H and O–H groups in total. The molecule has 1 fully saturated rings. The van der Waals surface area contributed by atoms with Crippen molar-refractivity contribution in [3.63, 3.8) is 0 Å². The SMILES string of the molecule is Cc1oc(-c2ccc(Br)cc2)nc1CCC1SCCCS1. The monoisotopic (exact) mass is 383 g/mol. The second-order valence-corrected chi connectivity index (χ2v) is 8.93. The van der Waals surface area contributed by atoms with Crippen molar-refractivity contribution in [1.29, 1.82) is 0 Å². The van der Waals surface area contributed by atoms with Crippen molar-refractivity contribution >= 4 is 39.5 Å². The highest BCUT2D eigenvalue weighted by molar-refractivity contribution is 9.10. The zero-order chi connectivity index (χ0) is 14.7. The van der Waals surface area contributed by atoms with Crippen molar-refractivity contribution in [3.05, 3.63) is 40.2 Å². The van der Waals surface area contributed by atoms with Crippen LogP contribution in [0.4, 0.5) is 0 Å². The standard InChI is InChI=1S/C16H18BrNOS2/c1-11-14(7-8-15-20-9-2-10-21-15)18-16(19-11)12-3-5-13(17)6-4-12/h3-6,15H,2,7-10H2,1H3. The molecule has 112 valence electrons. The fourth-order valence-electron chi connectivity index (χ4n) is 2.33. The van der Waals surface area contributed by atoms with Gasteiger partial charge in [-0.3, -0.25) is 0 Å². The van der Waals surface area contributed by atoms with Crippen LogP contribution < -0.4 is 0 Å². The molecule has 1 saturated heterocycles. The zero-order valence-electron chi connectivity index (χ0n) is 12.0. The van der Waals surface area contributed by atoms with Crippen molar-refractivity contribution < 1.29 is 4.42 Å². The molecule has 2 heterocycles. The van der Waals surface area contributed by atoms with Gasteiger partial charge in [0, 0.05) is 10.0 Å². The van der Waals surface area contributed by atoms with Crippen molar-refractivity contribution in [3.8, 4) is 11.5 Å². The molecule has 0 saturated carbocycles. The number of benzene rings is 1. The number of thioether (sulfide) groups is 2. The van der Waals surface area contributed by atoms with Crippen LogP contribution in [0.3, 0.4) is 0 Å². The molecule has 0 aliphatic carbocycles. The van der Waals surface area contributed by atoms with Crippen LogP contribution >= 0.6 is 39.5 Å². The highest BCUT2D eigenvalue weighted by Gasteiger charge is 2.17. The average Bonchev–Trinajstić information content (AvgIpc) is 2.88. The summed E-state index contributed by atoms with van der Waals surface area (Å²) in [4.78, 5) is 4.69. The Bertz CT molecular complexity index is 591. The number of rotatable bonds is 4. The Morgan fingerprint density at radius 1 is 1.24 bits per heavy atom. The first kappa shape index (κ1) is 15.5. The minimum Gasteiger partial charge on any atom is -0.441 e. The summed E-state index contributed by atoms with van der Waals surface area (Å²) in [6, 6.07) is 8.10. The van der Waals surface area contributed by atoms with Crippen molar-refractivity contribution in [2.24, 2.45) is 0 Å². The highest BCUT2D eigenvalue weighted by Crippen LogP contribution is 2.34. The van der Waals surface area contributed by atoms with Crippen LogP contribution in [-0.2, 0) is 6.42 Å². The van der Waals surface area contributed by atoms with Gasteiger partial charge in [0.2, 0.25) is 5.89 Å².